The van der Waals surface area contributed by atoms with Gasteiger partial charge >= 0.3 is 5.97 Å². The average Bonchev–Trinajstić information content (AvgIpc) is 2.32. The van der Waals surface area contributed by atoms with E-state index in [9.17, 15) is 9.90 Å². The van der Waals surface area contributed by atoms with Crippen LogP contribution in [0.1, 0.15) is 37.2 Å². The van der Waals surface area contributed by atoms with Crippen LogP contribution < -0.4 is 4.74 Å². The van der Waals surface area contributed by atoms with E-state index in [1.54, 1.807) is 0 Å². The van der Waals surface area contributed by atoms with Crippen molar-refractivity contribution in [2.75, 3.05) is 6.61 Å². The molecule has 5 nitrogen and oxygen atoms in total. The van der Waals surface area contributed by atoms with Crippen LogP contribution in [0.15, 0.2) is 12.1 Å². The molecule has 0 atom stereocenters. The SMILES string of the molecule is CCC(CC)COc1ccc(O)c(C(=O)O)n1. The fourth-order valence-electron chi connectivity index (χ4n) is 1.40. The monoisotopic (exact) mass is 239 g/mol. The van der Waals surface area contributed by atoms with Gasteiger partial charge in [0.1, 0.15) is 5.75 Å². The quantitative estimate of drug-likeness (QED) is 0.796. The highest BCUT2D eigenvalue weighted by molar-refractivity contribution is 5.88. The molecule has 0 saturated carbocycles. The minimum Gasteiger partial charge on any atom is -0.505 e. The molecular formula is C12H17NO4. The Morgan fingerprint density at radius 3 is 2.59 bits per heavy atom. The zero-order valence-corrected chi connectivity index (χ0v) is 10.0. The summed E-state index contributed by atoms with van der Waals surface area (Å²) in [7, 11) is 0. The van der Waals surface area contributed by atoms with Gasteiger partial charge in [-0.2, -0.15) is 0 Å². The lowest BCUT2D eigenvalue weighted by molar-refractivity contribution is 0.0685. The number of carboxylic acids is 1. The van der Waals surface area contributed by atoms with Crippen LogP contribution in [0, 0.1) is 5.92 Å². The zero-order valence-electron chi connectivity index (χ0n) is 10.0. The van der Waals surface area contributed by atoms with Crippen molar-refractivity contribution in [2.45, 2.75) is 26.7 Å². The third kappa shape index (κ3) is 3.62. The van der Waals surface area contributed by atoms with Crippen molar-refractivity contribution in [1.82, 2.24) is 4.98 Å². The highest BCUT2D eigenvalue weighted by atomic mass is 16.5. The van der Waals surface area contributed by atoms with Gasteiger partial charge in [-0.25, -0.2) is 9.78 Å². The van der Waals surface area contributed by atoms with E-state index in [4.69, 9.17) is 9.84 Å². The molecule has 0 amide bonds. The molecule has 1 aromatic heterocycles. The van der Waals surface area contributed by atoms with Gasteiger partial charge in [0.15, 0.2) is 5.69 Å². The molecule has 0 radical (unpaired) electrons. The predicted octanol–water partition coefficient (Wildman–Crippen LogP) is 2.30. The molecule has 1 rings (SSSR count). The maximum atomic E-state index is 10.7. The van der Waals surface area contributed by atoms with E-state index in [1.165, 1.54) is 12.1 Å². The number of aromatic hydroxyl groups is 1. The number of aromatic carboxylic acids is 1. The van der Waals surface area contributed by atoms with Crippen LogP contribution in [0.4, 0.5) is 0 Å². The summed E-state index contributed by atoms with van der Waals surface area (Å²) in [6, 6.07) is 2.74. The van der Waals surface area contributed by atoms with Gasteiger partial charge in [-0.15, -0.1) is 0 Å². The van der Waals surface area contributed by atoms with Crippen molar-refractivity contribution in [1.29, 1.82) is 0 Å². The second-order valence-corrected chi connectivity index (χ2v) is 3.82. The number of carbonyl (C=O) groups is 1. The Morgan fingerprint density at radius 1 is 1.41 bits per heavy atom. The summed E-state index contributed by atoms with van der Waals surface area (Å²) in [6.45, 7) is 4.65. The van der Waals surface area contributed by atoms with Crippen LogP contribution >= 0.6 is 0 Å². The van der Waals surface area contributed by atoms with Gasteiger partial charge in [0, 0.05) is 6.07 Å². The Labute approximate surface area is 100 Å². The summed E-state index contributed by atoms with van der Waals surface area (Å²) >= 11 is 0. The van der Waals surface area contributed by atoms with Gasteiger partial charge in [0.05, 0.1) is 6.61 Å². The van der Waals surface area contributed by atoms with Gasteiger partial charge in [0.2, 0.25) is 5.88 Å². The van der Waals surface area contributed by atoms with Gasteiger partial charge < -0.3 is 14.9 Å². The lowest BCUT2D eigenvalue weighted by atomic mass is 10.1. The second kappa shape index (κ2) is 6.08. The molecule has 0 spiro atoms. The van der Waals surface area contributed by atoms with E-state index in [-0.39, 0.29) is 17.3 Å². The van der Waals surface area contributed by atoms with E-state index in [0.717, 1.165) is 12.8 Å². The van der Waals surface area contributed by atoms with Gasteiger partial charge in [0.25, 0.3) is 0 Å². The molecule has 2 N–H and O–H groups in total. The Morgan fingerprint density at radius 2 is 2.06 bits per heavy atom. The highest BCUT2D eigenvalue weighted by Gasteiger charge is 2.13. The molecule has 0 bridgehead atoms. The number of aromatic nitrogens is 1. The Balaban J connectivity index is 2.72. The fourth-order valence-corrected chi connectivity index (χ4v) is 1.40. The van der Waals surface area contributed by atoms with Gasteiger partial charge in [-0.05, 0) is 12.0 Å². The summed E-state index contributed by atoms with van der Waals surface area (Å²) in [4.78, 5) is 14.5. The van der Waals surface area contributed by atoms with Crippen LogP contribution in [-0.4, -0.2) is 27.8 Å². The molecule has 0 saturated heterocycles. The van der Waals surface area contributed by atoms with Crippen molar-refractivity contribution in [3.8, 4) is 11.6 Å². The summed E-state index contributed by atoms with van der Waals surface area (Å²) in [5.41, 5.74) is -0.382. The standard InChI is InChI=1S/C12H17NO4/c1-3-8(4-2)7-17-10-6-5-9(14)11(13-10)12(15)16/h5-6,8,14H,3-4,7H2,1-2H3,(H,15,16). The first-order chi connectivity index (χ1) is 8.08. The van der Waals surface area contributed by atoms with E-state index >= 15 is 0 Å². The van der Waals surface area contributed by atoms with Gasteiger partial charge in [-0.3, -0.25) is 0 Å². The van der Waals surface area contributed by atoms with Crippen LogP contribution in [0.2, 0.25) is 0 Å². The number of hydrogen-bond acceptors (Lipinski definition) is 4. The number of hydrogen-bond donors (Lipinski definition) is 2. The predicted molar refractivity (Wildman–Crippen MR) is 62.4 cm³/mol. The second-order valence-electron chi connectivity index (χ2n) is 3.82. The molecule has 94 valence electrons. The molecule has 5 heteroatoms. The molecule has 0 fully saturated rings. The minimum absolute atomic E-state index is 0.229. The topological polar surface area (TPSA) is 79.7 Å². The maximum absolute atomic E-state index is 10.7. The number of ether oxygens (including phenoxy) is 1. The number of nitrogens with zero attached hydrogens (tertiary/aromatic N) is 1. The molecule has 0 aliphatic carbocycles. The highest BCUT2D eigenvalue weighted by Crippen LogP contribution is 2.19. The molecule has 1 aromatic rings. The molecule has 0 aliphatic heterocycles. The van der Waals surface area contributed by atoms with E-state index in [0.29, 0.717) is 12.5 Å². The van der Waals surface area contributed by atoms with Crippen molar-refractivity contribution in [3.05, 3.63) is 17.8 Å². The molecule has 0 aromatic carbocycles. The molecule has 0 aliphatic rings. The van der Waals surface area contributed by atoms with E-state index < -0.39 is 5.97 Å². The first-order valence-corrected chi connectivity index (χ1v) is 5.64. The van der Waals surface area contributed by atoms with E-state index in [1.807, 2.05) is 0 Å². The lowest BCUT2D eigenvalue weighted by Crippen LogP contribution is -2.11. The van der Waals surface area contributed by atoms with Crippen molar-refractivity contribution < 1.29 is 19.7 Å². The van der Waals surface area contributed by atoms with Crippen LogP contribution in [0.3, 0.4) is 0 Å². The third-order valence-corrected chi connectivity index (χ3v) is 2.67. The van der Waals surface area contributed by atoms with Crippen molar-refractivity contribution in [3.63, 3.8) is 0 Å². The normalized spacial score (nSPS) is 10.5. The maximum Gasteiger partial charge on any atom is 0.358 e. The first kappa shape index (κ1) is 13.3. The smallest absolute Gasteiger partial charge is 0.358 e. The Hall–Kier alpha value is -1.78. The molecule has 1 heterocycles. The van der Waals surface area contributed by atoms with Crippen LogP contribution in [0.5, 0.6) is 11.6 Å². The third-order valence-electron chi connectivity index (χ3n) is 2.67. The largest absolute Gasteiger partial charge is 0.505 e. The summed E-state index contributed by atoms with van der Waals surface area (Å²) in [5, 5.41) is 18.1. The molecular weight excluding hydrogens is 222 g/mol. The Bertz CT molecular complexity index is 388. The van der Waals surface area contributed by atoms with Crippen molar-refractivity contribution >= 4 is 5.97 Å². The first-order valence-electron chi connectivity index (χ1n) is 5.64. The fraction of sp³-hybridized carbons (Fsp3) is 0.500. The number of pyridine rings is 1. The van der Waals surface area contributed by atoms with E-state index in [2.05, 4.69) is 18.8 Å². The molecule has 0 unspecified atom stereocenters. The van der Waals surface area contributed by atoms with Gasteiger partial charge in [-0.1, -0.05) is 26.7 Å². The molecule has 17 heavy (non-hydrogen) atoms. The summed E-state index contributed by atoms with van der Waals surface area (Å²) < 4.78 is 5.41. The lowest BCUT2D eigenvalue weighted by Gasteiger charge is -2.13. The number of carboxylic acid groups (broad SMARTS) is 1. The summed E-state index contributed by atoms with van der Waals surface area (Å²) in [6.07, 6.45) is 2.00. The van der Waals surface area contributed by atoms with Crippen LogP contribution in [-0.2, 0) is 0 Å². The summed E-state index contributed by atoms with van der Waals surface area (Å²) in [5.74, 6) is -0.964. The van der Waals surface area contributed by atoms with Crippen LogP contribution in [0.25, 0.3) is 0 Å². The number of rotatable bonds is 6. The minimum atomic E-state index is -1.27. The van der Waals surface area contributed by atoms with Crippen molar-refractivity contribution in [2.24, 2.45) is 5.92 Å². The zero-order chi connectivity index (χ0) is 12.8. The Kier molecular flexibility index (Phi) is 4.75. The average molecular weight is 239 g/mol.